The van der Waals surface area contributed by atoms with Gasteiger partial charge in [-0.2, -0.15) is 0 Å². The topological polar surface area (TPSA) is 60.9 Å². The number of benzene rings is 1. The number of ketones is 1. The molecule has 26 heavy (non-hydrogen) atoms. The summed E-state index contributed by atoms with van der Waals surface area (Å²) >= 11 is 3.11. The number of thiazole rings is 1. The van der Waals surface area contributed by atoms with E-state index in [9.17, 15) is 4.79 Å². The van der Waals surface area contributed by atoms with Crippen molar-refractivity contribution >= 4 is 39.1 Å². The average Bonchev–Trinajstić information content (AvgIpc) is 3.30. The van der Waals surface area contributed by atoms with E-state index in [1.807, 2.05) is 61.7 Å². The van der Waals surface area contributed by atoms with Crippen LogP contribution >= 0.6 is 23.1 Å². The number of thioether (sulfide) groups is 1. The monoisotopic (exact) mass is 383 g/mol. The Morgan fingerprint density at radius 2 is 2.04 bits per heavy atom. The highest BCUT2D eigenvalue weighted by Gasteiger charge is 2.19. The molecule has 0 saturated carbocycles. The Morgan fingerprint density at radius 3 is 2.77 bits per heavy atom. The van der Waals surface area contributed by atoms with Crippen LogP contribution in [0.25, 0.3) is 16.0 Å². The van der Waals surface area contributed by atoms with Crippen molar-refractivity contribution in [2.75, 3.05) is 5.75 Å². The summed E-state index contributed by atoms with van der Waals surface area (Å²) in [4.78, 5) is 17.3. The Kier molecular flexibility index (Phi) is 4.42. The minimum Gasteiger partial charge on any atom is -0.360 e. The van der Waals surface area contributed by atoms with Crippen LogP contribution in [-0.4, -0.2) is 26.2 Å². The number of hydrogen-bond donors (Lipinski definition) is 0. The maximum atomic E-state index is 12.8. The number of aromatic nitrogens is 3. The van der Waals surface area contributed by atoms with E-state index in [1.165, 1.54) is 11.8 Å². The summed E-state index contributed by atoms with van der Waals surface area (Å²) in [6, 6.07) is 11.8. The third kappa shape index (κ3) is 3.08. The fourth-order valence-electron chi connectivity index (χ4n) is 2.97. The molecule has 0 aliphatic carbocycles. The zero-order valence-electron chi connectivity index (χ0n) is 14.6. The van der Waals surface area contributed by atoms with Crippen LogP contribution < -0.4 is 0 Å². The number of rotatable bonds is 5. The van der Waals surface area contributed by atoms with Gasteiger partial charge < -0.3 is 4.52 Å². The molecule has 0 aliphatic rings. The minimum absolute atomic E-state index is 0.0915. The van der Waals surface area contributed by atoms with Crippen molar-refractivity contribution in [2.45, 2.75) is 25.1 Å². The highest BCUT2D eigenvalue weighted by Crippen LogP contribution is 2.30. The van der Waals surface area contributed by atoms with Crippen molar-refractivity contribution in [1.29, 1.82) is 0 Å². The number of aryl methyl sites for hydroxylation is 2. The third-order valence-corrected chi connectivity index (χ3v) is 6.36. The summed E-state index contributed by atoms with van der Waals surface area (Å²) in [6.07, 6.45) is 0. The van der Waals surface area contributed by atoms with Crippen LogP contribution in [0.5, 0.6) is 0 Å². The van der Waals surface area contributed by atoms with Gasteiger partial charge >= 0.3 is 0 Å². The molecule has 3 aromatic heterocycles. The van der Waals surface area contributed by atoms with Gasteiger partial charge in [-0.3, -0.25) is 9.36 Å². The lowest BCUT2D eigenvalue weighted by molar-refractivity contribution is 0.102. The summed E-state index contributed by atoms with van der Waals surface area (Å²) < 4.78 is 9.17. The van der Waals surface area contributed by atoms with Crippen LogP contribution in [0.2, 0.25) is 0 Å². The molecule has 3 heterocycles. The van der Waals surface area contributed by atoms with E-state index in [4.69, 9.17) is 4.52 Å². The Balaban J connectivity index is 1.55. The van der Waals surface area contributed by atoms with E-state index in [2.05, 4.69) is 10.1 Å². The molecule has 0 saturated heterocycles. The molecule has 0 aliphatic heterocycles. The van der Waals surface area contributed by atoms with Crippen LogP contribution in [0, 0.1) is 20.8 Å². The number of hydrogen-bond acceptors (Lipinski definition) is 6. The van der Waals surface area contributed by atoms with Gasteiger partial charge in [-0.1, -0.05) is 29.1 Å². The first kappa shape index (κ1) is 17.1. The Labute approximate surface area is 159 Å². The van der Waals surface area contributed by atoms with Gasteiger partial charge in [0.1, 0.15) is 5.76 Å². The standard InChI is InChI=1S/C19H17N3O2S2/c1-11-8-14(13(3)22(11)18-9-12(2)24-21-18)16(23)10-25-19-20-15-6-4-5-7-17(15)26-19/h4-9H,10H2,1-3H3. The molecular formula is C19H17N3O2S2. The average molecular weight is 383 g/mol. The van der Waals surface area contributed by atoms with Crippen molar-refractivity contribution < 1.29 is 9.32 Å². The van der Waals surface area contributed by atoms with Gasteiger partial charge in [0.05, 0.1) is 16.0 Å². The molecule has 5 nitrogen and oxygen atoms in total. The van der Waals surface area contributed by atoms with Gasteiger partial charge in [-0.05, 0) is 39.0 Å². The summed E-state index contributed by atoms with van der Waals surface area (Å²) in [6.45, 7) is 5.76. The number of Topliss-reactive ketones (excluding diaryl/α,β-unsaturated/α-hetero) is 1. The molecule has 4 aromatic rings. The lowest BCUT2D eigenvalue weighted by atomic mass is 10.2. The zero-order valence-corrected chi connectivity index (χ0v) is 16.3. The molecule has 1 aromatic carbocycles. The zero-order chi connectivity index (χ0) is 18.3. The first-order chi connectivity index (χ1) is 12.5. The number of nitrogens with zero attached hydrogens (tertiary/aromatic N) is 3. The molecule has 132 valence electrons. The van der Waals surface area contributed by atoms with Gasteiger partial charge in [0.2, 0.25) is 0 Å². The highest BCUT2D eigenvalue weighted by molar-refractivity contribution is 8.01. The molecule has 0 radical (unpaired) electrons. The molecule has 7 heteroatoms. The second-order valence-electron chi connectivity index (χ2n) is 6.08. The van der Waals surface area contributed by atoms with E-state index in [0.29, 0.717) is 11.6 Å². The molecular weight excluding hydrogens is 366 g/mol. The quantitative estimate of drug-likeness (QED) is 0.359. The predicted molar refractivity (Wildman–Crippen MR) is 105 cm³/mol. The molecule has 0 unspecified atom stereocenters. The van der Waals surface area contributed by atoms with E-state index in [0.717, 1.165) is 37.3 Å². The van der Waals surface area contributed by atoms with Crippen LogP contribution in [0.4, 0.5) is 0 Å². The Bertz CT molecular complexity index is 1070. The fourth-order valence-corrected chi connectivity index (χ4v) is 4.93. The summed E-state index contributed by atoms with van der Waals surface area (Å²) in [5, 5.41) is 4.06. The fraction of sp³-hybridized carbons (Fsp3) is 0.211. The van der Waals surface area contributed by atoms with Crippen molar-refractivity contribution in [1.82, 2.24) is 14.7 Å². The van der Waals surface area contributed by atoms with Gasteiger partial charge in [0, 0.05) is 23.0 Å². The molecule has 0 atom stereocenters. The van der Waals surface area contributed by atoms with Crippen LogP contribution in [0.3, 0.4) is 0 Å². The second kappa shape index (κ2) is 6.74. The summed E-state index contributed by atoms with van der Waals surface area (Å²) in [5.41, 5.74) is 3.54. The minimum atomic E-state index is 0.0915. The molecule has 0 amide bonds. The first-order valence-corrected chi connectivity index (χ1v) is 9.97. The van der Waals surface area contributed by atoms with Crippen molar-refractivity contribution in [3.63, 3.8) is 0 Å². The SMILES string of the molecule is Cc1cc(-n2c(C)cc(C(=O)CSc3nc4ccccc4s3)c2C)no1. The molecule has 0 fully saturated rings. The first-order valence-electron chi connectivity index (χ1n) is 8.17. The molecule has 4 rings (SSSR count). The van der Waals surface area contributed by atoms with Crippen molar-refractivity contribution in [3.05, 3.63) is 59.1 Å². The number of fused-ring (bicyclic) bond motifs is 1. The summed E-state index contributed by atoms with van der Waals surface area (Å²) in [5.74, 6) is 1.90. The van der Waals surface area contributed by atoms with Gasteiger partial charge in [0.25, 0.3) is 0 Å². The number of carbonyl (C=O) groups excluding carboxylic acids is 1. The van der Waals surface area contributed by atoms with Crippen molar-refractivity contribution in [3.8, 4) is 5.82 Å². The normalized spacial score (nSPS) is 11.3. The second-order valence-corrected chi connectivity index (χ2v) is 8.33. The van der Waals surface area contributed by atoms with Gasteiger partial charge in [-0.15, -0.1) is 11.3 Å². The number of para-hydroxylation sites is 1. The van der Waals surface area contributed by atoms with Gasteiger partial charge in [-0.25, -0.2) is 4.98 Å². The largest absolute Gasteiger partial charge is 0.360 e. The Hall–Kier alpha value is -2.38. The van der Waals surface area contributed by atoms with Crippen LogP contribution in [0.1, 0.15) is 27.5 Å². The van der Waals surface area contributed by atoms with Crippen molar-refractivity contribution in [2.24, 2.45) is 0 Å². The maximum Gasteiger partial charge on any atom is 0.180 e. The van der Waals surface area contributed by atoms with E-state index in [1.54, 1.807) is 11.3 Å². The molecule has 0 N–H and O–H groups in total. The van der Waals surface area contributed by atoms with E-state index >= 15 is 0 Å². The predicted octanol–water partition coefficient (Wildman–Crippen LogP) is 4.98. The lowest BCUT2D eigenvalue weighted by Crippen LogP contribution is -2.05. The molecule has 0 bridgehead atoms. The van der Waals surface area contributed by atoms with E-state index in [-0.39, 0.29) is 5.78 Å². The molecule has 0 spiro atoms. The van der Waals surface area contributed by atoms with Crippen LogP contribution in [0.15, 0.2) is 45.3 Å². The smallest absolute Gasteiger partial charge is 0.180 e. The lowest BCUT2D eigenvalue weighted by Gasteiger charge is -2.04. The van der Waals surface area contributed by atoms with Gasteiger partial charge in [0.15, 0.2) is 15.9 Å². The maximum absolute atomic E-state index is 12.8. The third-order valence-electron chi connectivity index (χ3n) is 4.18. The number of carbonyl (C=O) groups is 1. The van der Waals surface area contributed by atoms with E-state index < -0.39 is 0 Å². The Morgan fingerprint density at radius 1 is 1.23 bits per heavy atom. The highest BCUT2D eigenvalue weighted by atomic mass is 32.2. The summed E-state index contributed by atoms with van der Waals surface area (Å²) in [7, 11) is 0. The van der Waals surface area contributed by atoms with Crippen LogP contribution in [-0.2, 0) is 0 Å².